The third-order valence-corrected chi connectivity index (χ3v) is 3.78. The number of thiophene rings is 1. The minimum absolute atomic E-state index is 0.122. The Morgan fingerprint density at radius 1 is 1.53 bits per heavy atom. The zero-order chi connectivity index (χ0) is 14.0. The van der Waals surface area contributed by atoms with E-state index < -0.39 is 5.97 Å². The van der Waals surface area contributed by atoms with E-state index in [1.165, 1.54) is 17.5 Å². The largest absolute Gasteiger partial charge is 0.478 e. The van der Waals surface area contributed by atoms with Crippen molar-refractivity contribution in [3.8, 4) is 0 Å². The van der Waals surface area contributed by atoms with Crippen molar-refractivity contribution in [2.24, 2.45) is 0 Å². The van der Waals surface area contributed by atoms with E-state index in [1.54, 1.807) is 6.92 Å². The van der Waals surface area contributed by atoms with Crippen LogP contribution in [0.3, 0.4) is 0 Å². The highest BCUT2D eigenvalue weighted by Gasteiger charge is 2.12. The number of hydrogen-bond donors (Lipinski definition) is 1. The predicted octanol–water partition coefficient (Wildman–Crippen LogP) is 2.83. The van der Waals surface area contributed by atoms with Gasteiger partial charge in [-0.1, -0.05) is 11.6 Å². The van der Waals surface area contributed by atoms with Gasteiger partial charge in [0, 0.05) is 18.1 Å². The first-order valence-electron chi connectivity index (χ1n) is 5.49. The smallest absolute Gasteiger partial charge is 0.339 e. The molecule has 0 spiro atoms. The van der Waals surface area contributed by atoms with Crippen molar-refractivity contribution in [2.45, 2.75) is 13.5 Å². The van der Waals surface area contributed by atoms with E-state index in [4.69, 9.17) is 16.7 Å². The lowest BCUT2D eigenvalue weighted by molar-refractivity contribution is 0.0695. The number of halogens is 1. The molecule has 100 valence electrons. The first kappa shape index (κ1) is 13.8. The molecule has 0 amide bonds. The molecule has 0 aliphatic carbocycles. The molecule has 7 heteroatoms. The highest BCUT2D eigenvalue weighted by molar-refractivity contribution is 7.16. The number of carboxylic acids is 1. The van der Waals surface area contributed by atoms with Gasteiger partial charge in [0.15, 0.2) is 0 Å². The first-order chi connectivity index (χ1) is 8.97. The standard InChI is InChI=1S/C12H12ClN3O2S/c1-7-9(11(17)18)5-14-12(15-7)16(2)6-8-3-4-10(13)19-8/h3-5H,6H2,1-2H3,(H,17,18). The van der Waals surface area contributed by atoms with Crippen molar-refractivity contribution >= 4 is 34.9 Å². The van der Waals surface area contributed by atoms with Gasteiger partial charge in [-0.3, -0.25) is 0 Å². The van der Waals surface area contributed by atoms with Crippen LogP contribution in [0.1, 0.15) is 20.9 Å². The lowest BCUT2D eigenvalue weighted by Crippen LogP contribution is -2.19. The van der Waals surface area contributed by atoms with E-state index in [9.17, 15) is 4.79 Å². The number of carbonyl (C=O) groups is 1. The Bertz CT molecular complexity index is 615. The molecule has 2 aromatic heterocycles. The average molecular weight is 298 g/mol. The Balaban J connectivity index is 2.17. The Labute approximate surface area is 119 Å². The van der Waals surface area contributed by atoms with Gasteiger partial charge in [-0.2, -0.15) is 0 Å². The number of aromatic carboxylic acids is 1. The van der Waals surface area contributed by atoms with E-state index in [1.807, 2.05) is 24.1 Å². The fourth-order valence-corrected chi connectivity index (χ4v) is 2.73. The van der Waals surface area contributed by atoms with E-state index >= 15 is 0 Å². The topological polar surface area (TPSA) is 66.3 Å². The molecule has 5 nitrogen and oxygen atoms in total. The predicted molar refractivity (Wildman–Crippen MR) is 75.2 cm³/mol. The van der Waals surface area contributed by atoms with Crippen molar-refractivity contribution in [3.05, 3.63) is 38.8 Å². The molecular formula is C12H12ClN3O2S. The van der Waals surface area contributed by atoms with Crippen molar-refractivity contribution < 1.29 is 9.90 Å². The molecule has 0 atom stereocenters. The van der Waals surface area contributed by atoms with Gasteiger partial charge < -0.3 is 10.0 Å². The summed E-state index contributed by atoms with van der Waals surface area (Å²) in [5.74, 6) is -0.524. The zero-order valence-corrected chi connectivity index (χ0v) is 12.0. The summed E-state index contributed by atoms with van der Waals surface area (Å²) in [6, 6.07) is 3.79. The lowest BCUT2D eigenvalue weighted by Gasteiger charge is -2.16. The van der Waals surface area contributed by atoms with Gasteiger partial charge in [0.25, 0.3) is 0 Å². The summed E-state index contributed by atoms with van der Waals surface area (Å²) in [7, 11) is 1.85. The summed E-state index contributed by atoms with van der Waals surface area (Å²) in [4.78, 5) is 22.1. The van der Waals surface area contributed by atoms with E-state index in [0.29, 0.717) is 18.2 Å². The van der Waals surface area contributed by atoms with Crippen molar-refractivity contribution in [2.75, 3.05) is 11.9 Å². The van der Waals surface area contributed by atoms with Crippen LogP contribution in [-0.4, -0.2) is 28.1 Å². The van der Waals surface area contributed by atoms with Gasteiger partial charge >= 0.3 is 5.97 Å². The second kappa shape index (κ2) is 5.54. The second-order valence-corrected chi connectivity index (χ2v) is 5.84. The molecule has 0 aliphatic heterocycles. The maximum absolute atomic E-state index is 10.9. The summed E-state index contributed by atoms with van der Waals surface area (Å²) in [6.07, 6.45) is 1.33. The molecule has 0 bridgehead atoms. The van der Waals surface area contributed by atoms with Crippen LogP contribution in [0.5, 0.6) is 0 Å². The highest BCUT2D eigenvalue weighted by atomic mass is 35.5. The van der Waals surface area contributed by atoms with Crippen LogP contribution >= 0.6 is 22.9 Å². The third-order valence-electron chi connectivity index (χ3n) is 2.56. The second-order valence-electron chi connectivity index (χ2n) is 4.04. The lowest BCUT2D eigenvalue weighted by atomic mass is 10.2. The molecule has 2 heterocycles. The molecule has 0 unspecified atom stereocenters. The number of nitrogens with zero attached hydrogens (tertiary/aromatic N) is 3. The molecule has 2 aromatic rings. The van der Waals surface area contributed by atoms with Crippen LogP contribution in [0.15, 0.2) is 18.3 Å². The van der Waals surface area contributed by atoms with Crippen molar-refractivity contribution in [3.63, 3.8) is 0 Å². The Hall–Kier alpha value is -1.66. The summed E-state index contributed by atoms with van der Waals surface area (Å²) in [5.41, 5.74) is 0.574. The number of aryl methyl sites for hydroxylation is 1. The molecule has 19 heavy (non-hydrogen) atoms. The van der Waals surface area contributed by atoms with Gasteiger partial charge in [-0.05, 0) is 19.1 Å². The molecule has 0 aliphatic rings. The van der Waals surface area contributed by atoms with Crippen LogP contribution in [0.2, 0.25) is 4.34 Å². The average Bonchev–Trinajstić information content (AvgIpc) is 2.74. The number of rotatable bonds is 4. The Morgan fingerprint density at radius 2 is 2.26 bits per heavy atom. The Kier molecular flexibility index (Phi) is 4.01. The van der Waals surface area contributed by atoms with Crippen LogP contribution in [0, 0.1) is 6.92 Å². The molecular weight excluding hydrogens is 286 g/mol. The quantitative estimate of drug-likeness (QED) is 0.940. The van der Waals surface area contributed by atoms with Gasteiger partial charge in [0.2, 0.25) is 5.95 Å². The third kappa shape index (κ3) is 3.21. The fourth-order valence-electron chi connectivity index (χ4n) is 1.59. The summed E-state index contributed by atoms with van der Waals surface area (Å²) in [5, 5.41) is 8.93. The van der Waals surface area contributed by atoms with Gasteiger partial charge in [0.1, 0.15) is 0 Å². The van der Waals surface area contributed by atoms with E-state index in [-0.39, 0.29) is 5.56 Å². The van der Waals surface area contributed by atoms with Crippen LogP contribution < -0.4 is 4.90 Å². The van der Waals surface area contributed by atoms with Gasteiger partial charge in [-0.15, -0.1) is 11.3 Å². The number of carboxylic acid groups (broad SMARTS) is 1. The normalized spacial score (nSPS) is 10.5. The monoisotopic (exact) mass is 297 g/mol. The Morgan fingerprint density at radius 3 is 2.79 bits per heavy atom. The molecule has 0 saturated heterocycles. The molecule has 0 fully saturated rings. The highest BCUT2D eigenvalue weighted by Crippen LogP contribution is 2.23. The minimum atomic E-state index is -1.02. The maximum atomic E-state index is 10.9. The molecule has 0 aromatic carbocycles. The van der Waals surface area contributed by atoms with E-state index in [0.717, 1.165) is 9.21 Å². The van der Waals surface area contributed by atoms with Gasteiger partial charge in [-0.25, -0.2) is 14.8 Å². The zero-order valence-electron chi connectivity index (χ0n) is 10.4. The summed E-state index contributed by atoms with van der Waals surface area (Å²) < 4.78 is 0.738. The molecule has 2 rings (SSSR count). The summed E-state index contributed by atoms with van der Waals surface area (Å²) >= 11 is 7.37. The van der Waals surface area contributed by atoms with E-state index in [2.05, 4.69) is 9.97 Å². The van der Waals surface area contributed by atoms with Crippen LogP contribution in [0.25, 0.3) is 0 Å². The van der Waals surface area contributed by atoms with Crippen LogP contribution in [0.4, 0.5) is 5.95 Å². The molecule has 0 radical (unpaired) electrons. The minimum Gasteiger partial charge on any atom is -0.478 e. The van der Waals surface area contributed by atoms with Crippen molar-refractivity contribution in [1.82, 2.24) is 9.97 Å². The number of hydrogen-bond acceptors (Lipinski definition) is 5. The number of aromatic nitrogens is 2. The summed E-state index contributed by atoms with van der Waals surface area (Å²) in [6.45, 7) is 2.29. The molecule has 0 saturated carbocycles. The molecule has 1 N–H and O–H groups in total. The first-order valence-corrected chi connectivity index (χ1v) is 6.69. The fraction of sp³-hybridized carbons (Fsp3) is 0.250. The number of anilines is 1. The maximum Gasteiger partial charge on any atom is 0.339 e. The SMILES string of the molecule is Cc1nc(N(C)Cc2ccc(Cl)s2)ncc1C(=O)O. The van der Waals surface area contributed by atoms with Crippen LogP contribution in [-0.2, 0) is 6.54 Å². The van der Waals surface area contributed by atoms with Crippen molar-refractivity contribution in [1.29, 1.82) is 0 Å². The van der Waals surface area contributed by atoms with Gasteiger partial charge in [0.05, 0.1) is 22.1 Å².